The summed E-state index contributed by atoms with van der Waals surface area (Å²) in [7, 11) is 0. The number of nitrogen functional groups attached to an aromatic ring is 1. The van der Waals surface area contributed by atoms with Crippen molar-refractivity contribution >= 4 is 60.7 Å². The summed E-state index contributed by atoms with van der Waals surface area (Å²) in [6, 6.07) is 6.67. The number of aromatic nitrogens is 2. The molecule has 0 spiro atoms. The zero-order chi connectivity index (χ0) is 27.7. The molecule has 204 valence electrons. The van der Waals surface area contributed by atoms with E-state index in [-0.39, 0.29) is 66.3 Å². The number of hydrogen-bond acceptors (Lipinski definition) is 9. The number of thiophene rings is 1. The van der Waals surface area contributed by atoms with Gasteiger partial charge in [0.1, 0.15) is 34.3 Å². The van der Waals surface area contributed by atoms with Gasteiger partial charge in [-0.1, -0.05) is 17.7 Å². The van der Waals surface area contributed by atoms with Crippen molar-refractivity contribution in [3.63, 3.8) is 0 Å². The number of hydrogen-bond donors (Lipinski definition) is 2. The summed E-state index contributed by atoms with van der Waals surface area (Å²) in [5.74, 6) is -1.90. The highest BCUT2D eigenvalue weighted by atomic mass is 35.5. The van der Waals surface area contributed by atoms with Crippen LogP contribution in [0, 0.1) is 23.0 Å². The Morgan fingerprint density at radius 1 is 1.20 bits per heavy atom. The number of esters is 1. The van der Waals surface area contributed by atoms with E-state index in [4.69, 9.17) is 22.1 Å². The maximum Gasteiger partial charge on any atom is 0.376 e. The maximum atomic E-state index is 16.6. The Kier molecular flexibility index (Phi) is 6.03. The summed E-state index contributed by atoms with van der Waals surface area (Å²) < 4.78 is 37.0. The molecule has 1 aliphatic carbocycles. The van der Waals surface area contributed by atoms with Gasteiger partial charge in [0.15, 0.2) is 5.82 Å². The Bertz CT molecular complexity index is 1760. The second kappa shape index (κ2) is 9.51. The molecule has 0 radical (unpaired) electrons. The second-order valence-electron chi connectivity index (χ2n) is 10.6. The van der Waals surface area contributed by atoms with Crippen molar-refractivity contribution in [2.45, 2.75) is 50.3 Å². The lowest BCUT2D eigenvalue weighted by atomic mass is 9.96. The molecule has 1 saturated carbocycles. The number of nitrogens with one attached hydrogen (secondary N) is 1. The van der Waals surface area contributed by atoms with Crippen molar-refractivity contribution in [2.24, 2.45) is 0 Å². The molecule has 2 atom stereocenters. The van der Waals surface area contributed by atoms with E-state index in [0.717, 1.165) is 43.4 Å². The van der Waals surface area contributed by atoms with Crippen molar-refractivity contribution in [3.05, 3.63) is 46.2 Å². The largest absolute Gasteiger partial charge is 0.456 e. The van der Waals surface area contributed by atoms with Gasteiger partial charge < -0.3 is 20.7 Å². The van der Waals surface area contributed by atoms with Crippen LogP contribution in [0.3, 0.4) is 0 Å². The number of benzene rings is 2. The van der Waals surface area contributed by atoms with Crippen molar-refractivity contribution in [1.29, 1.82) is 5.26 Å². The Hall–Kier alpha value is -3.59. The Balaban J connectivity index is 1.46. The fourth-order valence-electron chi connectivity index (χ4n) is 5.93. The Morgan fingerprint density at radius 3 is 2.62 bits per heavy atom. The average molecular weight is 581 g/mol. The summed E-state index contributed by atoms with van der Waals surface area (Å²) in [5, 5.41) is 14.0. The molecule has 0 amide bonds. The molecule has 2 bridgehead atoms. The monoisotopic (exact) mass is 580 g/mol. The van der Waals surface area contributed by atoms with Crippen LogP contribution in [-0.2, 0) is 4.74 Å². The molecule has 7 rings (SSSR count). The topological polar surface area (TPSA) is 117 Å². The number of halogens is 3. The Labute approximate surface area is 236 Å². The fourth-order valence-corrected chi connectivity index (χ4v) is 7.17. The first kappa shape index (κ1) is 25.4. The van der Waals surface area contributed by atoms with Crippen LogP contribution in [0.2, 0.25) is 5.02 Å². The summed E-state index contributed by atoms with van der Waals surface area (Å²) >= 11 is 7.66. The van der Waals surface area contributed by atoms with Crippen molar-refractivity contribution in [1.82, 2.24) is 15.3 Å². The minimum absolute atomic E-state index is 0.0410. The summed E-state index contributed by atoms with van der Waals surface area (Å²) in [6.45, 7) is 1.28. The highest BCUT2D eigenvalue weighted by Gasteiger charge is 2.35. The van der Waals surface area contributed by atoms with Crippen molar-refractivity contribution < 1.29 is 18.3 Å². The average Bonchev–Trinajstić information content (AvgIpc) is 3.44. The van der Waals surface area contributed by atoms with Crippen LogP contribution in [0.15, 0.2) is 18.2 Å². The van der Waals surface area contributed by atoms with E-state index in [1.54, 1.807) is 6.07 Å². The molecule has 2 aliphatic heterocycles. The number of anilines is 2. The van der Waals surface area contributed by atoms with Crippen LogP contribution in [0.25, 0.3) is 32.1 Å². The summed E-state index contributed by atoms with van der Waals surface area (Å²) in [4.78, 5) is 24.1. The lowest BCUT2D eigenvalue weighted by Gasteiger charge is -2.34. The van der Waals surface area contributed by atoms with Gasteiger partial charge in [-0.05, 0) is 49.8 Å². The van der Waals surface area contributed by atoms with Gasteiger partial charge in [0.25, 0.3) is 0 Å². The number of carbonyl (C=O) groups excluding carboxylic acids is 1. The summed E-state index contributed by atoms with van der Waals surface area (Å²) in [6.07, 6.45) is 4.36. The van der Waals surface area contributed by atoms with Gasteiger partial charge in [0.2, 0.25) is 5.82 Å². The third-order valence-corrected chi connectivity index (χ3v) is 9.41. The number of nitrogens with zero attached hydrogens (tertiary/aromatic N) is 4. The number of nitriles is 1. The standard InChI is InChI=1S/C28H23ClF2N6O2S/c29-18-8-16-23(22(31)21(18)15-6-7-19(30)24-20(15)17(9-32)25(33)40-24)35-26(28(38)39-14-2-1-3-14)36-27(16)37-10-12-4-5-13(11-37)34-12/h6-8,12-14,34H,1-5,10-11,33H2. The van der Waals surface area contributed by atoms with Gasteiger partial charge in [-0.25, -0.2) is 23.5 Å². The van der Waals surface area contributed by atoms with Crippen LogP contribution in [0.1, 0.15) is 48.3 Å². The minimum Gasteiger partial charge on any atom is -0.456 e. The van der Waals surface area contributed by atoms with Crippen LogP contribution in [0.4, 0.5) is 19.6 Å². The fraction of sp³-hybridized carbons (Fsp3) is 0.357. The predicted octanol–water partition coefficient (Wildman–Crippen LogP) is 5.55. The number of rotatable bonds is 4. The smallest absolute Gasteiger partial charge is 0.376 e. The van der Waals surface area contributed by atoms with Crippen molar-refractivity contribution in [3.8, 4) is 17.2 Å². The van der Waals surface area contributed by atoms with Gasteiger partial charge in [0, 0.05) is 41.5 Å². The van der Waals surface area contributed by atoms with Crippen LogP contribution in [-0.4, -0.2) is 47.2 Å². The summed E-state index contributed by atoms with van der Waals surface area (Å²) in [5.41, 5.74) is 6.11. The van der Waals surface area contributed by atoms with E-state index < -0.39 is 17.6 Å². The van der Waals surface area contributed by atoms with Gasteiger partial charge in [0.05, 0.1) is 15.3 Å². The van der Waals surface area contributed by atoms with E-state index in [9.17, 15) is 14.4 Å². The zero-order valence-corrected chi connectivity index (χ0v) is 22.7. The van der Waals surface area contributed by atoms with Crippen LogP contribution in [0.5, 0.6) is 0 Å². The zero-order valence-electron chi connectivity index (χ0n) is 21.1. The molecule has 40 heavy (non-hydrogen) atoms. The number of carbonyl (C=O) groups is 1. The Morgan fingerprint density at radius 2 is 1.95 bits per heavy atom. The lowest BCUT2D eigenvalue weighted by molar-refractivity contribution is 0.00772. The first-order valence-corrected chi connectivity index (χ1v) is 14.3. The normalized spacial score (nSPS) is 20.6. The molecule has 4 aromatic rings. The van der Waals surface area contributed by atoms with E-state index >= 15 is 4.39 Å². The number of ether oxygens (including phenoxy) is 1. The molecule has 3 N–H and O–H groups in total. The molecule has 2 saturated heterocycles. The first-order chi connectivity index (χ1) is 19.3. The molecule has 8 nitrogen and oxygen atoms in total. The number of piperazine rings is 1. The first-order valence-electron chi connectivity index (χ1n) is 13.1. The molecule has 2 unspecified atom stereocenters. The molecule has 2 aromatic carbocycles. The highest BCUT2D eigenvalue weighted by molar-refractivity contribution is 7.23. The van der Waals surface area contributed by atoms with Crippen LogP contribution >= 0.6 is 22.9 Å². The molecule has 3 aliphatic rings. The quantitative estimate of drug-likeness (QED) is 0.302. The third-order valence-electron chi connectivity index (χ3n) is 8.09. The second-order valence-corrected chi connectivity index (χ2v) is 12.0. The predicted molar refractivity (Wildman–Crippen MR) is 150 cm³/mol. The highest BCUT2D eigenvalue weighted by Crippen LogP contribution is 2.45. The molecule has 4 heterocycles. The van der Waals surface area contributed by atoms with Gasteiger partial charge >= 0.3 is 5.97 Å². The maximum absolute atomic E-state index is 16.6. The van der Waals surface area contributed by atoms with Crippen LogP contribution < -0.4 is 16.0 Å². The molecular weight excluding hydrogens is 558 g/mol. The number of fused-ring (bicyclic) bond motifs is 4. The number of nitrogens with two attached hydrogens (primary N) is 1. The molecule has 12 heteroatoms. The van der Waals surface area contributed by atoms with E-state index in [1.165, 1.54) is 12.1 Å². The third kappa shape index (κ3) is 3.97. The minimum atomic E-state index is -0.802. The SMILES string of the molecule is N#Cc1c(N)sc2c(F)ccc(-c3c(Cl)cc4c(N5CC6CCC(C5)N6)nc(C(=O)OC5CCC5)nc4c3F)c12. The molecule has 2 aromatic heterocycles. The van der Waals surface area contributed by atoms with Gasteiger partial charge in [-0.15, -0.1) is 11.3 Å². The van der Waals surface area contributed by atoms with E-state index in [2.05, 4.69) is 15.3 Å². The van der Waals surface area contributed by atoms with Gasteiger partial charge in [-0.2, -0.15) is 5.26 Å². The lowest BCUT2D eigenvalue weighted by Crippen LogP contribution is -2.51. The molecular formula is C28H23ClF2N6O2S. The van der Waals surface area contributed by atoms with Gasteiger partial charge in [-0.3, -0.25) is 0 Å². The van der Waals surface area contributed by atoms with Crippen molar-refractivity contribution in [2.75, 3.05) is 23.7 Å². The van der Waals surface area contributed by atoms with E-state index in [1.807, 2.05) is 11.0 Å². The molecule has 3 fully saturated rings. The van der Waals surface area contributed by atoms with E-state index in [0.29, 0.717) is 24.3 Å².